The summed E-state index contributed by atoms with van der Waals surface area (Å²) >= 11 is 0. The number of imide groups is 2. The molecule has 0 unspecified atom stereocenters. The van der Waals surface area contributed by atoms with E-state index < -0.39 is 17.8 Å². The number of nitrogens with zero attached hydrogens (tertiary/aromatic N) is 2. The molecule has 174 valence electrons. The summed E-state index contributed by atoms with van der Waals surface area (Å²) in [5.41, 5.74) is 2.90. The lowest BCUT2D eigenvalue weighted by Gasteiger charge is -2.31. The van der Waals surface area contributed by atoms with Crippen LogP contribution in [0.5, 0.6) is 5.75 Å². The number of para-hydroxylation sites is 1. The second kappa shape index (κ2) is 9.17. The van der Waals surface area contributed by atoms with E-state index >= 15 is 0 Å². The Kier molecular flexibility index (Phi) is 5.92. The standard InChI is InChI=1S/C27H27N3O4/c1-18-10-12-21(13-11-18)34-15-14-29-17-19(22-8-4-5-9-24(22)29)16-23-25(31)28-27(33)30(26(23)32)20-6-2-3-7-20/h4-5,8-13,16-17,20H,2-3,6-7,14-15H2,1H3,(H,28,31,33)/b23-16-. The van der Waals surface area contributed by atoms with Crippen LogP contribution in [0.3, 0.4) is 0 Å². The summed E-state index contributed by atoms with van der Waals surface area (Å²) in [7, 11) is 0. The number of fused-ring (bicyclic) bond motifs is 1. The third-order valence-corrected chi connectivity index (χ3v) is 6.56. The Morgan fingerprint density at radius 2 is 1.76 bits per heavy atom. The van der Waals surface area contributed by atoms with Gasteiger partial charge in [0.1, 0.15) is 17.9 Å². The molecule has 4 amide bonds. The molecule has 34 heavy (non-hydrogen) atoms. The average Bonchev–Trinajstić information content (AvgIpc) is 3.47. The van der Waals surface area contributed by atoms with E-state index in [0.29, 0.717) is 13.2 Å². The molecule has 0 atom stereocenters. The van der Waals surface area contributed by atoms with E-state index in [1.54, 1.807) is 6.08 Å². The van der Waals surface area contributed by atoms with Gasteiger partial charge in [0.2, 0.25) is 0 Å². The number of carbonyl (C=O) groups is 3. The Balaban J connectivity index is 1.41. The van der Waals surface area contributed by atoms with Crippen LogP contribution in [0.15, 0.2) is 60.3 Å². The maximum atomic E-state index is 13.2. The maximum Gasteiger partial charge on any atom is 0.331 e. The Bertz CT molecular complexity index is 1280. The van der Waals surface area contributed by atoms with E-state index in [-0.39, 0.29) is 11.6 Å². The Hall–Kier alpha value is -3.87. The number of rotatable bonds is 6. The molecule has 0 bridgehead atoms. The fourth-order valence-electron chi connectivity index (χ4n) is 4.79. The van der Waals surface area contributed by atoms with Crippen LogP contribution in [-0.4, -0.2) is 40.0 Å². The summed E-state index contributed by atoms with van der Waals surface area (Å²) in [6, 6.07) is 15.0. The molecular weight excluding hydrogens is 430 g/mol. The molecule has 1 aliphatic heterocycles. The van der Waals surface area contributed by atoms with E-state index in [9.17, 15) is 14.4 Å². The lowest BCUT2D eigenvalue weighted by atomic mass is 10.0. The molecular formula is C27H27N3O4. The van der Waals surface area contributed by atoms with Gasteiger partial charge in [-0.05, 0) is 44.0 Å². The van der Waals surface area contributed by atoms with Crippen LogP contribution in [0.4, 0.5) is 4.79 Å². The second-order valence-corrected chi connectivity index (χ2v) is 8.89. The molecule has 0 spiro atoms. The first-order valence-electron chi connectivity index (χ1n) is 11.7. The number of aryl methyl sites for hydroxylation is 1. The van der Waals surface area contributed by atoms with Crippen LogP contribution in [0, 0.1) is 6.92 Å². The predicted molar refractivity (Wildman–Crippen MR) is 129 cm³/mol. The first-order chi connectivity index (χ1) is 16.5. The molecule has 7 nitrogen and oxygen atoms in total. The van der Waals surface area contributed by atoms with Gasteiger partial charge in [0, 0.05) is 28.7 Å². The topological polar surface area (TPSA) is 80.6 Å². The molecule has 2 aliphatic rings. The lowest BCUT2D eigenvalue weighted by Crippen LogP contribution is -2.57. The van der Waals surface area contributed by atoms with Gasteiger partial charge in [-0.1, -0.05) is 48.7 Å². The molecule has 2 aromatic carbocycles. The number of barbiturate groups is 1. The molecule has 1 aliphatic carbocycles. The average molecular weight is 458 g/mol. The number of nitrogens with one attached hydrogen (secondary N) is 1. The van der Waals surface area contributed by atoms with Gasteiger partial charge in [-0.25, -0.2) is 4.79 Å². The van der Waals surface area contributed by atoms with Crippen molar-refractivity contribution in [1.82, 2.24) is 14.8 Å². The van der Waals surface area contributed by atoms with Crippen molar-refractivity contribution in [1.29, 1.82) is 0 Å². The SMILES string of the molecule is Cc1ccc(OCCn2cc(/C=C3/C(=O)NC(=O)N(C4CCCC4)C3=O)c3ccccc32)cc1. The molecule has 1 N–H and O–H groups in total. The van der Waals surface area contributed by atoms with Crippen molar-refractivity contribution >= 4 is 34.8 Å². The van der Waals surface area contributed by atoms with Crippen molar-refractivity contribution in [3.8, 4) is 5.75 Å². The van der Waals surface area contributed by atoms with Crippen LogP contribution in [0.1, 0.15) is 36.8 Å². The zero-order chi connectivity index (χ0) is 23.7. The van der Waals surface area contributed by atoms with Gasteiger partial charge in [0.15, 0.2) is 0 Å². The van der Waals surface area contributed by atoms with Crippen molar-refractivity contribution < 1.29 is 19.1 Å². The molecule has 1 saturated carbocycles. The van der Waals surface area contributed by atoms with E-state index in [1.807, 2.05) is 61.7 Å². The minimum absolute atomic E-state index is 0.00897. The van der Waals surface area contributed by atoms with Gasteiger partial charge in [0.25, 0.3) is 11.8 Å². The Labute approximate surface area is 198 Å². The number of hydrogen-bond acceptors (Lipinski definition) is 4. The number of benzene rings is 2. The zero-order valence-corrected chi connectivity index (χ0v) is 19.1. The summed E-state index contributed by atoms with van der Waals surface area (Å²) in [6.45, 7) is 3.11. The second-order valence-electron chi connectivity index (χ2n) is 8.89. The summed E-state index contributed by atoms with van der Waals surface area (Å²) in [4.78, 5) is 39.4. The number of aromatic nitrogens is 1. The summed E-state index contributed by atoms with van der Waals surface area (Å²) in [6.07, 6.45) is 7.04. The number of ether oxygens (including phenoxy) is 1. The Morgan fingerprint density at radius 3 is 2.53 bits per heavy atom. The van der Waals surface area contributed by atoms with Crippen molar-refractivity contribution in [3.05, 3.63) is 71.4 Å². The number of urea groups is 1. The van der Waals surface area contributed by atoms with Gasteiger partial charge in [-0.15, -0.1) is 0 Å². The maximum absolute atomic E-state index is 13.2. The van der Waals surface area contributed by atoms with Gasteiger partial charge in [0.05, 0.1) is 6.54 Å². The molecule has 5 rings (SSSR count). The molecule has 1 saturated heterocycles. The molecule has 7 heteroatoms. The fourth-order valence-corrected chi connectivity index (χ4v) is 4.79. The molecule has 2 fully saturated rings. The van der Waals surface area contributed by atoms with Crippen LogP contribution < -0.4 is 10.1 Å². The van der Waals surface area contributed by atoms with E-state index in [1.165, 1.54) is 10.5 Å². The highest BCUT2D eigenvalue weighted by Gasteiger charge is 2.40. The predicted octanol–water partition coefficient (Wildman–Crippen LogP) is 4.43. The van der Waals surface area contributed by atoms with Gasteiger partial charge >= 0.3 is 6.03 Å². The monoisotopic (exact) mass is 457 g/mol. The normalized spacial score (nSPS) is 18.2. The van der Waals surface area contributed by atoms with Crippen molar-refractivity contribution in [2.45, 2.75) is 45.2 Å². The highest BCUT2D eigenvalue weighted by Crippen LogP contribution is 2.29. The van der Waals surface area contributed by atoms with Crippen molar-refractivity contribution in [3.63, 3.8) is 0 Å². The zero-order valence-electron chi connectivity index (χ0n) is 19.1. The van der Waals surface area contributed by atoms with Crippen LogP contribution >= 0.6 is 0 Å². The first-order valence-corrected chi connectivity index (χ1v) is 11.7. The van der Waals surface area contributed by atoms with Crippen LogP contribution in [-0.2, 0) is 16.1 Å². The van der Waals surface area contributed by atoms with Gasteiger partial charge in [-0.3, -0.25) is 19.8 Å². The number of carbonyl (C=O) groups excluding carboxylic acids is 3. The lowest BCUT2D eigenvalue weighted by molar-refractivity contribution is -0.131. The molecule has 0 radical (unpaired) electrons. The van der Waals surface area contributed by atoms with Crippen LogP contribution in [0.25, 0.3) is 17.0 Å². The quantitative estimate of drug-likeness (QED) is 0.439. The van der Waals surface area contributed by atoms with E-state index in [2.05, 4.69) is 9.88 Å². The summed E-state index contributed by atoms with van der Waals surface area (Å²) in [5.74, 6) is -0.352. The number of amides is 4. The highest BCUT2D eigenvalue weighted by molar-refractivity contribution is 6.31. The molecule has 2 heterocycles. The fraction of sp³-hybridized carbons (Fsp3) is 0.296. The minimum Gasteiger partial charge on any atom is -0.492 e. The van der Waals surface area contributed by atoms with E-state index in [4.69, 9.17) is 4.74 Å². The summed E-state index contributed by atoms with van der Waals surface area (Å²) < 4.78 is 7.95. The third kappa shape index (κ3) is 4.21. The Morgan fingerprint density at radius 1 is 1.03 bits per heavy atom. The van der Waals surface area contributed by atoms with Crippen molar-refractivity contribution in [2.24, 2.45) is 0 Å². The van der Waals surface area contributed by atoms with Gasteiger partial charge in [-0.2, -0.15) is 0 Å². The highest BCUT2D eigenvalue weighted by atomic mass is 16.5. The van der Waals surface area contributed by atoms with Crippen molar-refractivity contribution in [2.75, 3.05) is 6.61 Å². The third-order valence-electron chi connectivity index (χ3n) is 6.56. The van der Waals surface area contributed by atoms with E-state index in [0.717, 1.165) is 47.9 Å². The largest absolute Gasteiger partial charge is 0.492 e. The minimum atomic E-state index is -0.649. The first kappa shape index (κ1) is 21.9. The van der Waals surface area contributed by atoms with Crippen LogP contribution in [0.2, 0.25) is 0 Å². The summed E-state index contributed by atoms with van der Waals surface area (Å²) in [5, 5.41) is 3.28. The van der Waals surface area contributed by atoms with Gasteiger partial charge < -0.3 is 9.30 Å². The molecule has 1 aromatic heterocycles. The molecule has 3 aromatic rings. The number of hydrogen-bond donors (Lipinski definition) is 1. The smallest absolute Gasteiger partial charge is 0.331 e.